The summed E-state index contributed by atoms with van der Waals surface area (Å²) in [4.78, 5) is 34.2. The van der Waals surface area contributed by atoms with E-state index in [-0.39, 0.29) is 17.9 Å². The molecular formula is C16H15NO5. The highest BCUT2D eigenvalue weighted by Crippen LogP contribution is 2.31. The van der Waals surface area contributed by atoms with Crippen molar-refractivity contribution in [3.63, 3.8) is 0 Å². The minimum absolute atomic E-state index is 0.0391. The summed E-state index contributed by atoms with van der Waals surface area (Å²) in [5, 5.41) is 10.3. The van der Waals surface area contributed by atoms with Gasteiger partial charge in [-0.15, -0.1) is 0 Å². The van der Waals surface area contributed by atoms with Gasteiger partial charge >= 0.3 is 11.9 Å². The van der Waals surface area contributed by atoms with Gasteiger partial charge in [0.25, 0.3) is 5.78 Å². The minimum atomic E-state index is -1.66. The number of benzene rings is 2. The Kier molecular flexibility index (Phi) is 4.41. The number of carboxylic acid groups (broad SMARTS) is 1. The number of nitrogens with two attached hydrogens (primary N) is 1. The lowest BCUT2D eigenvalue weighted by Crippen LogP contribution is -2.32. The quantitative estimate of drug-likeness (QED) is 0.287. The standard InChI is InChI=1S/C16H15NO5/c1-2-10(14(18)15(19)20)16(21)22-12-8-7-9-5-3-4-6-11(9)13(12)17/h3-8,10H,2,17H2,1H3,(H,19,20). The van der Waals surface area contributed by atoms with Crippen LogP contribution in [0.5, 0.6) is 5.75 Å². The van der Waals surface area contributed by atoms with Gasteiger partial charge in [0.1, 0.15) is 5.92 Å². The van der Waals surface area contributed by atoms with Crippen molar-refractivity contribution in [2.75, 3.05) is 5.73 Å². The van der Waals surface area contributed by atoms with Gasteiger partial charge in [-0.25, -0.2) is 4.79 Å². The third kappa shape index (κ3) is 2.90. The highest BCUT2D eigenvalue weighted by atomic mass is 16.5. The number of carbonyl (C=O) groups excluding carboxylic acids is 2. The average Bonchev–Trinajstić information content (AvgIpc) is 2.51. The van der Waals surface area contributed by atoms with Crippen LogP contribution in [0.3, 0.4) is 0 Å². The van der Waals surface area contributed by atoms with E-state index in [0.717, 1.165) is 5.39 Å². The molecule has 0 aliphatic carbocycles. The Morgan fingerprint density at radius 1 is 1.18 bits per heavy atom. The van der Waals surface area contributed by atoms with Crippen molar-refractivity contribution in [3.05, 3.63) is 36.4 Å². The lowest BCUT2D eigenvalue weighted by atomic mass is 10.0. The second kappa shape index (κ2) is 6.26. The molecule has 0 heterocycles. The van der Waals surface area contributed by atoms with E-state index in [4.69, 9.17) is 15.6 Å². The fourth-order valence-electron chi connectivity index (χ4n) is 2.15. The Bertz CT molecular complexity index is 753. The molecule has 22 heavy (non-hydrogen) atoms. The molecular weight excluding hydrogens is 286 g/mol. The zero-order valence-electron chi connectivity index (χ0n) is 11.9. The van der Waals surface area contributed by atoms with E-state index in [2.05, 4.69) is 0 Å². The first kappa shape index (κ1) is 15.5. The van der Waals surface area contributed by atoms with Gasteiger partial charge in [-0.1, -0.05) is 37.3 Å². The van der Waals surface area contributed by atoms with Crippen LogP contribution in [0.25, 0.3) is 10.8 Å². The number of rotatable bonds is 5. The largest absolute Gasteiger partial charge is 0.475 e. The molecule has 1 unspecified atom stereocenters. The van der Waals surface area contributed by atoms with Crippen LogP contribution in [-0.2, 0) is 14.4 Å². The number of esters is 1. The van der Waals surface area contributed by atoms with Crippen LogP contribution in [0, 0.1) is 5.92 Å². The van der Waals surface area contributed by atoms with Crippen LogP contribution in [0.15, 0.2) is 36.4 Å². The Labute approximate surface area is 126 Å². The fraction of sp³-hybridized carbons (Fsp3) is 0.188. The topological polar surface area (TPSA) is 107 Å². The molecule has 0 spiro atoms. The number of Topliss-reactive ketones (excluding diaryl/α,β-unsaturated/α-hetero) is 1. The summed E-state index contributed by atoms with van der Waals surface area (Å²) >= 11 is 0. The summed E-state index contributed by atoms with van der Waals surface area (Å²) in [6.07, 6.45) is 0.0391. The third-order valence-electron chi connectivity index (χ3n) is 3.36. The van der Waals surface area contributed by atoms with E-state index < -0.39 is 23.6 Å². The van der Waals surface area contributed by atoms with Gasteiger partial charge in [-0.3, -0.25) is 9.59 Å². The molecule has 0 amide bonds. The molecule has 0 saturated carbocycles. The van der Waals surface area contributed by atoms with Gasteiger partial charge in [0.15, 0.2) is 5.75 Å². The summed E-state index contributed by atoms with van der Waals surface area (Å²) in [6, 6.07) is 10.5. The Hall–Kier alpha value is -2.89. The first-order valence-corrected chi connectivity index (χ1v) is 6.71. The van der Waals surface area contributed by atoms with Crippen molar-refractivity contribution in [1.29, 1.82) is 0 Å². The maximum Gasteiger partial charge on any atom is 0.373 e. The Morgan fingerprint density at radius 3 is 2.50 bits per heavy atom. The molecule has 6 nitrogen and oxygen atoms in total. The van der Waals surface area contributed by atoms with Gasteiger partial charge in [-0.2, -0.15) is 0 Å². The lowest BCUT2D eigenvalue weighted by molar-refractivity contribution is -0.156. The van der Waals surface area contributed by atoms with E-state index in [1.54, 1.807) is 18.2 Å². The van der Waals surface area contributed by atoms with Crippen molar-refractivity contribution >= 4 is 34.2 Å². The zero-order valence-corrected chi connectivity index (χ0v) is 11.9. The normalized spacial score (nSPS) is 11.9. The second-order valence-corrected chi connectivity index (χ2v) is 4.75. The number of hydrogen-bond donors (Lipinski definition) is 2. The molecule has 0 aliphatic heterocycles. The van der Waals surface area contributed by atoms with Gasteiger partial charge < -0.3 is 15.6 Å². The molecule has 2 rings (SSSR count). The minimum Gasteiger partial charge on any atom is -0.475 e. The van der Waals surface area contributed by atoms with E-state index in [1.165, 1.54) is 13.0 Å². The number of carbonyl (C=O) groups is 3. The summed E-state index contributed by atoms with van der Waals surface area (Å²) < 4.78 is 5.13. The van der Waals surface area contributed by atoms with Crippen LogP contribution in [-0.4, -0.2) is 22.8 Å². The van der Waals surface area contributed by atoms with Gasteiger partial charge in [0, 0.05) is 5.39 Å². The third-order valence-corrected chi connectivity index (χ3v) is 3.36. The average molecular weight is 301 g/mol. The summed E-state index contributed by atoms with van der Waals surface area (Å²) in [6.45, 7) is 1.54. The monoisotopic (exact) mass is 301 g/mol. The number of ketones is 1. The van der Waals surface area contributed by atoms with Crippen molar-refractivity contribution in [3.8, 4) is 5.75 Å². The Morgan fingerprint density at radius 2 is 1.86 bits per heavy atom. The number of carboxylic acids is 1. The van der Waals surface area contributed by atoms with Crippen LogP contribution in [0.4, 0.5) is 5.69 Å². The van der Waals surface area contributed by atoms with Crippen molar-refractivity contribution in [1.82, 2.24) is 0 Å². The number of hydrogen-bond acceptors (Lipinski definition) is 5. The molecule has 0 bridgehead atoms. The van der Waals surface area contributed by atoms with Crippen LogP contribution < -0.4 is 10.5 Å². The number of fused-ring (bicyclic) bond motifs is 1. The predicted molar refractivity (Wildman–Crippen MR) is 80.4 cm³/mol. The zero-order chi connectivity index (χ0) is 16.3. The molecule has 1 atom stereocenters. The number of ether oxygens (including phenoxy) is 1. The molecule has 3 N–H and O–H groups in total. The van der Waals surface area contributed by atoms with Gasteiger partial charge in [-0.05, 0) is 17.9 Å². The molecule has 0 fully saturated rings. The smallest absolute Gasteiger partial charge is 0.373 e. The van der Waals surface area contributed by atoms with E-state index in [0.29, 0.717) is 5.39 Å². The summed E-state index contributed by atoms with van der Waals surface area (Å²) in [7, 11) is 0. The fourth-order valence-corrected chi connectivity index (χ4v) is 2.15. The van der Waals surface area contributed by atoms with E-state index in [1.807, 2.05) is 12.1 Å². The SMILES string of the molecule is CCC(C(=O)Oc1ccc2ccccc2c1N)C(=O)C(=O)O. The van der Waals surface area contributed by atoms with Gasteiger partial charge in [0.05, 0.1) is 5.69 Å². The maximum absolute atomic E-state index is 12.0. The summed E-state index contributed by atoms with van der Waals surface area (Å²) in [5.74, 6) is -5.00. The second-order valence-electron chi connectivity index (χ2n) is 4.75. The lowest BCUT2D eigenvalue weighted by Gasteiger charge is -2.13. The van der Waals surface area contributed by atoms with Crippen LogP contribution >= 0.6 is 0 Å². The van der Waals surface area contributed by atoms with E-state index in [9.17, 15) is 14.4 Å². The summed E-state index contributed by atoms with van der Waals surface area (Å²) in [5.41, 5.74) is 6.23. The molecule has 6 heteroatoms. The van der Waals surface area contributed by atoms with Crippen molar-refractivity contribution in [2.45, 2.75) is 13.3 Å². The van der Waals surface area contributed by atoms with Gasteiger partial charge in [0.2, 0.25) is 0 Å². The first-order chi connectivity index (χ1) is 10.5. The molecule has 2 aromatic carbocycles. The highest BCUT2D eigenvalue weighted by molar-refractivity contribution is 6.37. The molecule has 0 aliphatic rings. The molecule has 2 aromatic rings. The predicted octanol–water partition coefficient (Wildman–Crippen LogP) is 2.01. The first-order valence-electron chi connectivity index (χ1n) is 6.71. The Balaban J connectivity index is 2.30. The van der Waals surface area contributed by atoms with E-state index >= 15 is 0 Å². The highest BCUT2D eigenvalue weighted by Gasteiger charge is 2.32. The van der Waals surface area contributed by atoms with Crippen LogP contribution in [0.1, 0.15) is 13.3 Å². The molecule has 0 aromatic heterocycles. The van der Waals surface area contributed by atoms with Crippen LogP contribution in [0.2, 0.25) is 0 Å². The number of anilines is 1. The number of aliphatic carboxylic acids is 1. The maximum atomic E-state index is 12.0. The van der Waals surface area contributed by atoms with Crippen molar-refractivity contribution in [2.24, 2.45) is 5.92 Å². The molecule has 0 saturated heterocycles. The molecule has 114 valence electrons. The number of nitrogen functional groups attached to an aromatic ring is 1. The molecule has 0 radical (unpaired) electrons. The van der Waals surface area contributed by atoms with Crippen molar-refractivity contribution < 1.29 is 24.2 Å².